The third kappa shape index (κ3) is 3.26. The number of rotatable bonds is 4. The summed E-state index contributed by atoms with van der Waals surface area (Å²) in [6.45, 7) is 2.00. The number of halogens is 1. The Kier molecular flexibility index (Phi) is 4.53. The number of aromatic amines is 1. The van der Waals surface area contributed by atoms with Crippen molar-refractivity contribution in [3.63, 3.8) is 0 Å². The zero-order valence-corrected chi connectivity index (χ0v) is 15.4. The van der Waals surface area contributed by atoms with Crippen LogP contribution in [0.5, 0.6) is 0 Å². The summed E-state index contributed by atoms with van der Waals surface area (Å²) in [5.41, 5.74) is 3.84. The van der Waals surface area contributed by atoms with Crippen LogP contribution in [-0.4, -0.2) is 29.8 Å². The van der Waals surface area contributed by atoms with Gasteiger partial charge in [-0.3, -0.25) is 4.79 Å². The number of nitrogens with one attached hydrogen (secondary N) is 1. The molecule has 0 radical (unpaired) electrons. The van der Waals surface area contributed by atoms with E-state index in [4.69, 9.17) is 0 Å². The fraction of sp³-hybridized carbons (Fsp3) is 0.158. The molecule has 0 aliphatic carbocycles. The molecule has 0 bridgehead atoms. The molecule has 24 heavy (non-hydrogen) atoms. The molecule has 2 aromatic carbocycles. The average Bonchev–Trinajstić information content (AvgIpc) is 3.01. The minimum Gasteiger partial charge on any atom is -0.349 e. The quantitative estimate of drug-likeness (QED) is 0.677. The van der Waals surface area contributed by atoms with E-state index in [1.807, 2.05) is 74.4 Å². The maximum absolute atomic E-state index is 13.0. The van der Waals surface area contributed by atoms with E-state index in [0.717, 1.165) is 15.6 Å². The molecule has 4 nitrogen and oxygen atoms in total. The molecular weight excluding hydrogens is 366 g/mol. The highest BCUT2D eigenvalue weighted by Crippen LogP contribution is 2.27. The monoisotopic (exact) mass is 383 g/mol. The van der Waals surface area contributed by atoms with Crippen molar-refractivity contribution >= 4 is 27.7 Å². The number of imidazole rings is 1. The molecule has 0 unspecified atom stereocenters. The number of anilines is 1. The molecule has 0 spiro atoms. The fourth-order valence-corrected chi connectivity index (χ4v) is 2.67. The average molecular weight is 384 g/mol. The number of carbonyl (C=O) groups is 1. The minimum atomic E-state index is -0.0616. The summed E-state index contributed by atoms with van der Waals surface area (Å²) >= 11 is 3.43. The molecule has 0 atom stereocenters. The van der Waals surface area contributed by atoms with Crippen molar-refractivity contribution in [2.45, 2.75) is 6.92 Å². The zero-order valence-electron chi connectivity index (χ0n) is 13.8. The van der Waals surface area contributed by atoms with Crippen molar-refractivity contribution in [2.24, 2.45) is 0 Å². The van der Waals surface area contributed by atoms with Gasteiger partial charge in [-0.2, -0.15) is 0 Å². The lowest BCUT2D eigenvalue weighted by Crippen LogP contribution is -2.10. The van der Waals surface area contributed by atoms with E-state index in [-0.39, 0.29) is 5.78 Å². The first kappa shape index (κ1) is 16.5. The second-order valence-electron chi connectivity index (χ2n) is 5.88. The Balaban J connectivity index is 2.10. The second-order valence-corrected chi connectivity index (χ2v) is 6.80. The number of carbonyl (C=O) groups excluding carboxylic acids is 1. The van der Waals surface area contributed by atoms with Crippen LogP contribution in [0.15, 0.2) is 53.0 Å². The maximum Gasteiger partial charge on any atom is 0.211 e. The molecule has 5 heteroatoms. The van der Waals surface area contributed by atoms with Crippen molar-refractivity contribution in [3.05, 3.63) is 69.8 Å². The van der Waals surface area contributed by atoms with Crippen LogP contribution >= 0.6 is 15.9 Å². The van der Waals surface area contributed by atoms with Gasteiger partial charge < -0.3 is 9.88 Å². The Morgan fingerprint density at radius 2 is 1.67 bits per heavy atom. The van der Waals surface area contributed by atoms with Crippen LogP contribution in [0.3, 0.4) is 0 Å². The Labute approximate surface area is 149 Å². The van der Waals surface area contributed by atoms with Crippen molar-refractivity contribution in [3.8, 4) is 11.3 Å². The number of hydrogen-bond donors (Lipinski definition) is 1. The summed E-state index contributed by atoms with van der Waals surface area (Å²) in [6, 6.07) is 15.4. The smallest absolute Gasteiger partial charge is 0.211 e. The van der Waals surface area contributed by atoms with Crippen LogP contribution in [-0.2, 0) is 0 Å². The lowest BCUT2D eigenvalue weighted by Gasteiger charge is -2.06. The molecule has 3 aromatic rings. The summed E-state index contributed by atoms with van der Waals surface area (Å²) in [5, 5.41) is 0. The number of hydrogen-bond acceptors (Lipinski definition) is 3. The van der Waals surface area contributed by atoms with Crippen molar-refractivity contribution in [1.82, 2.24) is 9.97 Å². The number of H-pyrrole nitrogens is 1. The third-order valence-corrected chi connectivity index (χ3v) is 4.30. The highest BCUT2D eigenvalue weighted by Gasteiger charge is 2.20. The summed E-state index contributed by atoms with van der Waals surface area (Å²) in [4.78, 5) is 22.6. The van der Waals surface area contributed by atoms with Gasteiger partial charge >= 0.3 is 0 Å². The van der Waals surface area contributed by atoms with Gasteiger partial charge in [-0.1, -0.05) is 57.9 Å². The Hall–Kier alpha value is -2.40. The van der Waals surface area contributed by atoms with E-state index in [1.165, 1.54) is 0 Å². The van der Waals surface area contributed by atoms with Crippen LogP contribution in [0.2, 0.25) is 0 Å². The molecule has 3 rings (SSSR count). The van der Waals surface area contributed by atoms with Crippen molar-refractivity contribution in [2.75, 3.05) is 19.0 Å². The van der Waals surface area contributed by atoms with E-state index in [9.17, 15) is 4.79 Å². The van der Waals surface area contributed by atoms with Gasteiger partial charge in [-0.05, 0) is 19.1 Å². The van der Waals surface area contributed by atoms with Crippen molar-refractivity contribution in [1.29, 1.82) is 0 Å². The SMILES string of the molecule is Cc1ccc(C(=O)c2[nH]c(N(C)C)nc2-c2ccc(Br)cc2)cc1. The molecule has 0 fully saturated rings. The highest BCUT2D eigenvalue weighted by molar-refractivity contribution is 9.10. The number of aryl methyl sites for hydroxylation is 1. The Morgan fingerprint density at radius 3 is 2.25 bits per heavy atom. The number of ketones is 1. The first-order valence-electron chi connectivity index (χ1n) is 7.60. The minimum absolute atomic E-state index is 0.0616. The van der Waals surface area contributed by atoms with Crippen LogP contribution < -0.4 is 4.90 Å². The molecule has 1 aromatic heterocycles. The summed E-state index contributed by atoms with van der Waals surface area (Å²) in [5.74, 6) is 0.594. The largest absolute Gasteiger partial charge is 0.349 e. The first-order chi connectivity index (χ1) is 11.5. The molecule has 0 amide bonds. The molecular formula is C19H18BrN3O. The van der Waals surface area contributed by atoms with Crippen molar-refractivity contribution < 1.29 is 4.79 Å². The van der Waals surface area contributed by atoms with Crippen LogP contribution in [0.4, 0.5) is 5.95 Å². The normalized spacial score (nSPS) is 10.7. The Morgan fingerprint density at radius 1 is 1.04 bits per heavy atom. The summed E-state index contributed by atoms with van der Waals surface area (Å²) in [7, 11) is 3.79. The molecule has 0 saturated heterocycles. The number of aromatic nitrogens is 2. The third-order valence-electron chi connectivity index (χ3n) is 3.77. The summed E-state index contributed by atoms with van der Waals surface area (Å²) in [6.07, 6.45) is 0. The van der Waals surface area contributed by atoms with E-state index < -0.39 is 0 Å². The maximum atomic E-state index is 13.0. The van der Waals surface area contributed by atoms with E-state index in [1.54, 1.807) is 0 Å². The van der Waals surface area contributed by atoms with Gasteiger partial charge in [-0.25, -0.2) is 4.98 Å². The molecule has 1 N–H and O–H groups in total. The molecule has 0 aliphatic rings. The second kappa shape index (κ2) is 6.61. The van der Waals surface area contributed by atoms with Gasteiger partial charge in [0.2, 0.25) is 11.7 Å². The van der Waals surface area contributed by atoms with E-state index in [0.29, 0.717) is 22.9 Å². The molecule has 0 saturated carbocycles. The fourth-order valence-electron chi connectivity index (χ4n) is 2.40. The predicted molar refractivity (Wildman–Crippen MR) is 101 cm³/mol. The van der Waals surface area contributed by atoms with Gasteiger partial charge in [0.25, 0.3) is 0 Å². The predicted octanol–water partition coefficient (Wildman–Crippen LogP) is 4.44. The van der Waals surface area contributed by atoms with Crippen LogP contribution in [0.1, 0.15) is 21.6 Å². The summed E-state index contributed by atoms with van der Waals surface area (Å²) < 4.78 is 0.987. The molecule has 0 aliphatic heterocycles. The van der Waals surface area contributed by atoms with Crippen LogP contribution in [0, 0.1) is 6.92 Å². The van der Waals surface area contributed by atoms with Gasteiger partial charge in [-0.15, -0.1) is 0 Å². The van der Waals surface area contributed by atoms with Gasteiger partial charge in [0.1, 0.15) is 11.4 Å². The lowest BCUT2D eigenvalue weighted by atomic mass is 10.0. The topological polar surface area (TPSA) is 49.0 Å². The molecule has 1 heterocycles. The number of nitrogens with zero attached hydrogens (tertiary/aromatic N) is 2. The Bertz CT molecular complexity index is 865. The zero-order chi connectivity index (χ0) is 17.3. The van der Waals surface area contributed by atoms with E-state index in [2.05, 4.69) is 25.9 Å². The van der Waals surface area contributed by atoms with Gasteiger partial charge in [0.05, 0.1) is 0 Å². The first-order valence-corrected chi connectivity index (χ1v) is 8.39. The van der Waals surface area contributed by atoms with Gasteiger partial charge in [0, 0.05) is 29.7 Å². The van der Waals surface area contributed by atoms with Crippen LogP contribution in [0.25, 0.3) is 11.3 Å². The van der Waals surface area contributed by atoms with Gasteiger partial charge in [0.15, 0.2) is 0 Å². The highest BCUT2D eigenvalue weighted by atomic mass is 79.9. The van der Waals surface area contributed by atoms with E-state index >= 15 is 0 Å². The molecule has 122 valence electrons. The standard InChI is InChI=1S/C19H18BrN3O/c1-12-4-6-14(7-5-12)18(24)17-16(21-19(22-17)23(2)3)13-8-10-15(20)11-9-13/h4-11H,1-3H3,(H,21,22). The number of benzene rings is 2. The lowest BCUT2D eigenvalue weighted by molar-refractivity contribution is 0.103.